The van der Waals surface area contributed by atoms with E-state index < -0.39 is 11.9 Å². The predicted octanol–water partition coefficient (Wildman–Crippen LogP) is 2.94. The molecule has 0 aromatic heterocycles. The largest absolute Gasteiger partial charge is 0.478 e. The smallest absolute Gasteiger partial charge is 0.328 e. The van der Waals surface area contributed by atoms with Gasteiger partial charge in [-0.15, -0.1) is 0 Å². The van der Waals surface area contributed by atoms with Gasteiger partial charge in [-0.2, -0.15) is 0 Å². The molecular weight excluding hydrogens is 346 g/mol. The molecule has 0 bridgehead atoms. The highest BCUT2D eigenvalue weighted by molar-refractivity contribution is 6.31. The van der Waals surface area contributed by atoms with Gasteiger partial charge in [0, 0.05) is 28.3 Å². The molecule has 3 N–H and O–H groups in total. The number of benzene rings is 1. The summed E-state index contributed by atoms with van der Waals surface area (Å²) < 4.78 is 0. The maximum Gasteiger partial charge on any atom is 0.328 e. The Morgan fingerprint density at radius 3 is 2.24 bits per heavy atom. The average Bonchev–Trinajstić information content (AvgIpc) is 2.48. The molecule has 0 spiro atoms. The fraction of sp³-hybridized carbons (Fsp3) is 0.389. The summed E-state index contributed by atoms with van der Waals surface area (Å²) in [5.74, 6) is -2.34. The van der Waals surface area contributed by atoms with Crippen molar-refractivity contribution in [2.45, 2.75) is 45.2 Å². The summed E-state index contributed by atoms with van der Waals surface area (Å²) in [6.45, 7) is 6.23. The van der Waals surface area contributed by atoms with Crippen LogP contribution in [0.3, 0.4) is 0 Å². The van der Waals surface area contributed by atoms with Gasteiger partial charge in [0.2, 0.25) is 0 Å². The van der Waals surface area contributed by atoms with E-state index >= 15 is 0 Å². The SMILES string of the molecule is CC(C)(C)NC1CCc2ccc(Cl)cc2C1=O.O=C(O)/C=C/C(=O)O. The van der Waals surface area contributed by atoms with Crippen LogP contribution in [0.2, 0.25) is 5.02 Å². The third kappa shape index (κ3) is 7.49. The quantitative estimate of drug-likeness (QED) is 0.709. The van der Waals surface area contributed by atoms with Gasteiger partial charge in [0.05, 0.1) is 6.04 Å². The number of carbonyl (C=O) groups excluding carboxylic acids is 1. The number of aliphatic carboxylic acids is 2. The molecule has 0 aliphatic heterocycles. The van der Waals surface area contributed by atoms with E-state index in [-0.39, 0.29) is 17.4 Å². The molecule has 7 heteroatoms. The highest BCUT2D eigenvalue weighted by Crippen LogP contribution is 2.25. The Hall–Kier alpha value is -2.18. The summed E-state index contributed by atoms with van der Waals surface area (Å²) in [5, 5.41) is 19.6. The predicted molar refractivity (Wildman–Crippen MR) is 95.2 cm³/mol. The summed E-state index contributed by atoms with van der Waals surface area (Å²) in [5.41, 5.74) is 1.85. The molecule has 0 saturated heterocycles. The fourth-order valence-corrected chi connectivity index (χ4v) is 2.59. The monoisotopic (exact) mass is 367 g/mol. The minimum absolute atomic E-state index is 0.0452. The van der Waals surface area contributed by atoms with Crippen LogP contribution in [0.15, 0.2) is 30.4 Å². The van der Waals surface area contributed by atoms with E-state index in [1.165, 1.54) is 0 Å². The Labute approximate surface area is 151 Å². The van der Waals surface area contributed by atoms with Crippen molar-refractivity contribution >= 4 is 29.3 Å². The van der Waals surface area contributed by atoms with E-state index in [4.69, 9.17) is 21.8 Å². The highest BCUT2D eigenvalue weighted by Gasteiger charge is 2.29. The Kier molecular flexibility index (Phi) is 7.33. The molecule has 1 atom stereocenters. The second-order valence-corrected chi connectivity index (χ2v) is 7.10. The van der Waals surface area contributed by atoms with Crippen molar-refractivity contribution in [3.63, 3.8) is 0 Å². The van der Waals surface area contributed by atoms with Gasteiger partial charge in [-0.3, -0.25) is 4.79 Å². The molecule has 2 rings (SSSR count). The van der Waals surface area contributed by atoms with Crippen molar-refractivity contribution < 1.29 is 24.6 Å². The van der Waals surface area contributed by atoms with Gasteiger partial charge >= 0.3 is 11.9 Å². The number of carboxylic acid groups (broad SMARTS) is 2. The first kappa shape index (κ1) is 20.9. The van der Waals surface area contributed by atoms with Crippen LogP contribution in [0, 0.1) is 0 Å². The summed E-state index contributed by atoms with van der Waals surface area (Å²) in [6.07, 6.45) is 2.92. The number of aryl methyl sites for hydroxylation is 1. The lowest BCUT2D eigenvalue weighted by atomic mass is 9.86. The molecule has 0 radical (unpaired) electrons. The topological polar surface area (TPSA) is 104 Å². The van der Waals surface area contributed by atoms with Gasteiger partial charge in [0.15, 0.2) is 5.78 Å². The van der Waals surface area contributed by atoms with Gasteiger partial charge in [-0.1, -0.05) is 17.7 Å². The van der Waals surface area contributed by atoms with Gasteiger partial charge in [-0.25, -0.2) is 9.59 Å². The van der Waals surface area contributed by atoms with Crippen LogP contribution in [-0.4, -0.2) is 39.5 Å². The van der Waals surface area contributed by atoms with Crippen molar-refractivity contribution in [2.24, 2.45) is 0 Å². The second kappa shape index (κ2) is 8.78. The number of carboxylic acids is 2. The van der Waals surface area contributed by atoms with Crippen molar-refractivity contribution in [2.75, 3.05) is 0 Å². The molecule has 0 heterocycles. The van der Waals surface area contributed by atoms with Crippen molar-refractivity contribution in [1.29, 1.82) is 0 Å². The Bertz CT molecular complexity index is 675. The number of Topliss-reactive ketones (excluding diaryl/α,β-unsaturated/α-hetero) is 1. The molecule has 0 fully saturated rings. The zero-order chi connectivity index (χ0) is 19.2. The van der Waals surface area contributed by atoms with Crippen LogP contribution in [0.4, 0.5) is 0 Å². The summed E-state index contributed by atoms with van der Waals surface area (Å²) in [7, 11) is 0. The van der Waals surface area contributed by atoms with Crippen LogP contribution in [-0.2, 0) is 16.0 Å². The number of hydrogen-bond acceptors (Lipinski definition) is 4. The molecule has 1 aliphatic carbocycles. The van der Waals surface area contributed by atoms with Crippen molar-refractivity contribution in [1.82, 2.24) is 5.32 Å². The number of rotatable bonds is 3. The number of carbonyl (C=O) groups is 3. The van der Waals surface area contributed by atoms with E-state index in [2.05, 4.69) is 26.1 Å². The first-order valence-corrected chi connectivity index (χ1v) is 8.11. The number of ketones is 1. The lowest BCUT2D eigenvalue weighted by molar-refractivity contribution is -0.134. The van der Waals surface area contributed by atoms with Gasteiger partial charge in [-0.05, 0) is 51.3 Å². The maximum absolute atomic E-state index is 12.3. The molecule has 0 saturated carbocycles. The minimum Gasteiger partial charge on any atom is -0.478 e. The maximum atomic E-state index is 12.3. The average molecular weight is 368 g/mol. The Morgan fingerprint density at radius 1 is 1.20 bits per heavy atom. The number of fused-ring (bicyclic) bond motifs is 1. The molecule has 136 valence electrons. The minimum atomic E-state index is -1.26. The zero-order valence-electron chi connectivity index (χ0n) is 14.4. The molecule has 25 heavy (non-hydrogen) atoms. The molecule has 1 aromatic rings. The Balaban J connectivity index is 0.000000333. The number of halogens is 1. The Morgan fingerprint density at radius 2 is 1.76 bits per heavy atom. The van der Waals surface area contributed by atoms with E-state index in [0.717, 1.165) is 24.0 Å². The lowest BCUT2D eigenvalue weighted by Gasteiger charge is -2.31. The van der Waals surface area contributed by atoms with Crippen LogP contribution in [0.25, 0.3) is 0 Å². The molecule has 0 amide bonds. The van der Waals surface area contributed by atoms with Crippen LogP contribution < -0.4 is 5.32 Å². The lowest BCUT2D eigenvalue weighted by Crippen LogP contribution is -2.49. The van der Waals surface area contributed by atoms with Crippen LogP contribution >= 0.6 is 11.6 Å². The third-order valence-electron chi connectivity index (χ3n) is 3.33. The molecular formula is C18H22ClNO5. The normalized spacial score (nSPS) is 16.8. The second-order valence-electron chi connectivity index (χ2n) is 6.66. The van der Waals surface area contributed by atoms with Crippen molar-refractivity contribution in [3.05, 3.63) is 46.5 Å². The molecule has 1 unspecified atom stereocenters. The van der Waals surface area contributed by atoms with Crippen LogP contribution in [0.1, 0.15) is 43.1 Å². The van der Waals surface area contributed by atoms with E-state index in [9.17, 15) is 14.4 Å². The van der Waals surface area contributed by atoms with Crippen LogP contribution in [0.5, 0.6) is 0 Å². The molecule has 1 aliphatic rings. The van der Waals surface area contributed by atoms with E-state index in [1.807, 2.05) is 12.1 Å². The van der Waals surface area contributed by atoms with Crippen molar-refractivity contribution in [3.8, 4) is 0 Å². The number of hydrogen-bond donors (Lipinski definition) is 3. The highest BCUT2D eigenvalue weighted by atomic mass is 35.5. The fourth-order valence-electron chi connectivity index (χ4n) is 2.42. The summed E-state index contributed by atoms with van der Waals surface area (Å²) in [4.78, 5) is 31.4. The standard InChI is InChI=1S/C14H18ClNO.C4H4O4/c1-14(2,3)16-12-7-5-9-4-6-10(15)8-11(9)13(12)17;5-3(6)1-2-4(7)8/h4,6,8,12,16H,5,7H2,1-3H3;1-2H,(H,5,6)(H,7,8)/b;2-1+. The molecule has 1 aromatic carbocycles. The van der Waals surface area contributed by atoms with Gasteiger partial charge in [0.25, 0.3) is 0 Å². The summed E-state index contributed by atoms with van der Waals surface area (Å²) >= 11 is 5.95. The van der Waals surface area contributed by atoms with Gasteiger partial charge in [0.1, 0.15) is 0 Å². The third-order valence-corrected chi connectivity index (χ3v) is 3.57. The van der Waals surface area contributed by atoms with E-state index in [1.54, 1.807) is 6.07 Å². The number of nitrogens with one attached hydrogen (secondary N) is 1. The molecule has 6 nitrogen and oxygen atoms in total. The first-order valence-electron chi connectivity index (χ1n) is 7.74. The zero-order valence-corrected chi connectivity index (χ0v) is 15.1. The summed E-state index contributed by atoms with van der Waals surface area (Å²) in [6, 6.07) is 5.52. The van der Waals surface area contributed by atoms with Gasteiger partial charge < -0.3 is 15.5 Å². The van der Waals surface area contributed by atoms with E-state index in [0.29, 0.717) is 17.2 Å². The first-order chi connectivity index (χ1) is 11.5.